The normalized spacial score (nSPS) is 18.9. The van der Waals surface area contributed by atoms with Crippen LogP contribution >= 0.6 is 15.9 Å². The van der Waals surface area contributed by atoms with Crippen LogP contribution in [0.5, 0.6) is 0 Å². The minimum atomic E-state index is 0.580. The van der Waals surface area contributed by atoms with Crippen molar-refractivity contribution < 1.29 is 0 Å². The van der Waals surface area contributed by atoms with Crippen molar-refractivity contribution in [1.82, 2.24) is 5.32 Å². The van der Waals surface area contributed by atoms with Crippen molar-refractivity contribution in [2.45, 2.75) is 32.2 Å². The van der Waals surface area contributed by atoms with E-state index in [1.54, 1.807) is 0 Å². The van der Waals surface area contributed by atoms with Crippen LogP contribution in [0.2, 0.25) is 0 Å². The van der Waals surface area contributed by atoms with Gasteiger partial charge in [-0.25, -0.2) is 0 Å². The van der Waals surface area contributed by atoms with Gasteiger partial charge in [0.1, 0.15) is 0 Å². The van der Waals surface area contributed by atoms with Crippen molar-refractivity contribution in [1.29, 1.82) is 5.26 Å². The van der Waals surface area contributed by atoms with E-state index in [1.165, 1.54) is 24.9 Å². The third-order valence-corrected chi connectivity index (χ3v) is 4.29. The second kappa shape index (κ2) is 6.93. The van der Waals surface area contributed by atoms with Gasteiger partial charge in [-0.15, -0.1) is 0 Å². The van der Waals surface area contributed by atoms with Crippen LogP contribution in [-0.2, 0) is 0 Å². The molecule has 1 N–H and O–H groups in total. The molecular weight excluding hydrogens is 302 g/mol. The molecule has 0 saturated carbocycles. The molecule has 1 saturated heterocycles. The molecule has 1 unspecified atom stereocenters. The van der Waals surface area contributed by atoms with Crippen molar-refractivity contribution in [2.24, 2.45) is 0 Å². The van der Waals surface area contributed by atoms with Crippen LogP contribution < -0.4 is 10.2 Å². The maximum Gasteiger partial charge on any atom is 0.0992 e. The van der Waals surface area contributed by atoms with Crippen LogP contribution in [0.15, 0.2) is 22.7 Å². The van der Waals surface area contributed by atoms with E-state index in [2.05, 4.69) is 39.1 Å². The number of likely N-dealkylation sites (N-methyl/N-ethyl adjacent to an activating group) is 1. The summed E-state index contributed by atoms with van der Waals surface area (Å²) in [7, 11) is 0. The molecule has 102 valence electrons. The summed E-state index contributed by atoms with van der Waals surface area (Å²) >= 11 is 3.58. The SMILES string of the molecule is CCN(CC1CCCCN1)c1ccc(C#N)cc1Br. The van der Waals surface area contributed by atoms with E-state index in [0.29, 0.717) is 11.6 Å². The summed E-state index contributed by atoms with van der Waals surface area (Å²) in [4.78, 5) is 2.37. The quantitative estimate of drug-likeness (QED) is 0.924. The lowest BCUT2D eigenvalue weighted by atomic mass is 10.0. The Morgan fingerprint density at radius 1 is 1.47 bits per heavy atom. The first-order valence-corrected chi connectivity index (χ1v) is 7.72. The molecule has 19 heavy (non-hydrogen) atoms. The van der Waals surface area contributed by atoms with Gasteiger partial charge < -0.3 is 10.2 Å². The highest BCUT2D eigenvalue weighted by molar-refractivity contribution is 9.10. The number of rotatable bonds is 4. The molecule has 0 spiro atoms. The van der Waals surface area contributed by atoms with E-state index in [0.717, 1.165) is 24.1 Å². The minimum Gasteiger partial charge on any atom is -0.369 e. The molecule has 3 nitrogen and oxygen atoms in total. The van der Waals surface area contributed by atoms with Gasteiger partial charge in [-0.1, -0.05) is 6.42 Å². The average Bonchev–Trinajstić information content (AvgIpc) is 2.46. The number of nitrogens with zero attached hydrogens (tertiary/aromatic N) is 2. The maximum absolute atomic E-state index is 8.92. The Balaban J connectivity index is 2.10. The van der Waals surface area contributed by atoms with Crippen molar-refractivity contribution in [3.8, 4) is 6.07 Å². The van der Waals surface area contributed by atoms with Gasteiger partial charge in [0.2, 0.25) is 0 Å². The van der Waals surface area contributed by atoms with Gasteiger partial charge in [0.15, 0.2) is 0 Å². The Labute approximate surface area is 123 Å². The Morgan fingerprint density at radius 2 is 2.32 bits per heavy atom. The first-order valence-electron chi connectivity index (χ1n) is 6.92. The van der Waals surface area contributed by atoms with Gasteiger partial charge in [0, 0.05) is 23.6 Å². The van der Waals surface area contributed by atoms with E-state index in [4.69, 9.17) is 5.26 Å². The maximum atomic E-state index is 8.92. The van der Waals surface area contributed by atoms with Crippen molar-refractivity contribution >= 4 is 21.6 Å². The zero-order chi connectivity index (χ0) is 13.7. The lowest BCUT2D eigenvalue weighted by molar-refractivity contribution is 0.400. The standard InChI is InChI=1S/C15H20BrN3/c1-2-19(11-13-5-3-4-8-18-13)15-7-6-12(10-17)9-14(15)16/h6-7,9,13,18H,2-5,8,11H2,1H3. The Hall–Kier alpha value is -1.05. The van der Waals surface area contributed by atoms with Gasteiger partial charge in [0.05, 0.1) is 17.3 Å². The molecule has 0 aromatic heterocycles. The predicted molar refractivity (Wildman–Crippen MR) is 82.4 cm³/mol. The molecule has 0 radical (unpaired) electrons. The molecule has 1 aliphatic heterocycles. The van der Waals surface area contributed by atoms with Crippen LogP contribution in [0.3, 0.4) is 0 Å². The highest BCUT2D eigenvalue weighted by atomic mass is 79.9. The van der Waals surface area contributed by atoms with E-state index in [1.807, 2.05) is 18.2 Å². The first-order chi connectivity index (χ1) is 9.24. The summed E-state index contributed by atoms with van der Waals surface area (Å²) in [5.41, 5.74) is 1.87. The van der Waals surface area contributed by atoms with Gasteiger partial charge in [-0.3, -0.25) is 0 Å². The molecular formula is C15H20BrN3. The van der Waals surface area contributed by atoms with Gasteiger partial charge in [-0.05, 0) is 60.4 Å². The van der Waals surface area contributed by atoms with Gasteiger partial charge >= 0.3 is 0 Å². The van der Waals surface area contributed by atoms with Crippen LogP contribution in [0.25, 0.3) is 0 Å². The van der Waals surface area contributed by atoms with Crippen molar-refractivity contribution in [3.05, 3.63) is 28.2 Å². The van der Waals surface area contributed by atoms with Crippen LogP contribution in [0.4, 0.5) is 5.69 Å². The molecule has 1 heterocycles. The summed E-state index contributed by atoms with van der Waals surface area (Å²) < 4.78 is 1.00. The summed E-state index contributed by atoms with van der Waals surface area (Å²) in [6, 6.07) is 8.57. The summed E-state index contributed by atoms with van der Waals surface area (Å²) in [5.74, 6) is 0. The molecule has 0 amide bonds. The number of hydrogen-bond donors (Lipinski definition) is 1. The number of anilines is 1. The van der Waals surface area contributed by atoms with E-state index in [-0.39, 0.29) is 0 Å². The molecule has 1 aromatic carbocycles. The Morgan fingerprint density at radius 3 is 2.89 bits per heavy atom. The second-order valence-electron chi connectivity index (χ2n) is 4.96. The molecule has 2 rings (SSSR count). The fourth-order valence-corrected chi connectivity index (χ4v) is 3.21. The average molecular weight is 322 g/mol. The number of piperidine rings is 1. The minimum absolute atomic E-state index is 0.580. The Kier molecular flexibility index (Phi) is 5.24. The topological polar surface area (TPSA) is 39.1 Å². The van der Waals surface area contributed by atoms with E-state index >= 15 is 0 Å². The van der Waals surface area contributed by atoms with Crippen LogP contribution in [-0.4, -0.2) is 25.7 Å². The summed E-state index contributed by atoms with van der Waals surface area (Å²) in [6.45, 7) is 5.31. The summed E-state index contributed by atoms with van der Waals surface area (Å²) in [6.07, 6.45) is 3.87. The van der Waals surface area contributed by atoms with Crippen molar-refractivity contribution in [2.75, 3.05) is 24.5 Å². The second-order valence-corrected chi connectivity index (χ2v) is 5.82. The molecule has 0 bridgehead atoms. The number of hydrogen-bond acceptors (Lipinski definition) is 3. The highest BCUT2D eigenvalue weighted by Crippen LogP contribution is 2.27. The smallest absolute Gasteiger partial charge is 0.0992 e. The fraction of sp³-hybridized carbons (Fsp3) is 0.533. The number of benzene rings is 1. The zero-order valence-corrected chi connectivity index (χ0v) is 12.9. The fourth-order valence-electron chi connectivity index (χ4n) is 2.58. The molecule has 1 aliphatic rings. The predicted octanol–water partition coefficient (Wildman–Crippen LogP) is 3.29. The Bertz CT molecular complexity index is 461. The number of nitrogens with one attached hydrogen (secondary N) is 1. The third-order valence-electron chi connectivity index (χ3n) is 3.65. The highest BCUT2D eigenvalue weighted by Gasteiger charge is 2.17. The third kappa shape index (κ3) is 3.71. The lowest BCUT2D eigenvalue weighted by Gasteiger charge is -2.32. The van der Waals surface area contributed by atoms with E-state index < -0.39 is 0 Å². The zero-order valence-electron chi connectivity index (χ0n) is 11.3. The molecule has 1 aromatic rings. The largest absolute Gasteiger partial charge is 0.369 e. The van der Waals surface area contributed by atoms with Gasteiger partial charge in [0.25, 0.3) is 0 Å². The lowest BCUT2D eigenvalue weighted by Crippen LogP contribution is -2.43. The first kappa shape index (κ1) is 14.4. The van der Waals surface area contributed by atoms with Crippen LogP contribution in [0.1, 0.15) is 31.7 Å². The molecule has 0 aliphatic carbocycles. The van der Waals surface area contributed by atoms with Crippen molar-refractivity contribution in [3.63, 3.8) is 0 Å². The van der Waals surface area contributed by atoms with Crippen LogP contribution in [0, 0.1) is 11.3 Å². The number of nitriles is 1. The monoisotopic (exact) mass is 321 g/mol. The molecule has 4 heteroatoms. The van der Waals surface area contributed by atoms with Gasteiger partial charge in [-0.2, -0.15) is 5.26 Å². The number of halogens is 1. The summed E-state index contributed by atoms with van der Waals surface area (Å²) in [5, 5.41) is 12.5. The molecule has 1 fully saturated rings. The molecule has 1 atom stereocenters. The van der Waals surface area contributed by atoms with E-state index in [9.17, 15) is 0 Å².